The summed E-state index contributed by atoms with van der Waals surface area (Å²) in [5, 5.41) is 4.53. The second-order valence-corrected chi connectivity index (χ2v) is 6.15. The van der Waals surface area contributed by atoms with E-state index in [4.69, 9.17) is 0 Å². The van der Waals surface area contributed by atoms with Gasteiger partial charge in [0, 0.05) is 24.8 Å². The van der Waals surface area contributed by atoms with E-state index in [2.05, 4.69) is 5.10 Å². The highest BCUT2D eigenvalue weighted by atomic mass is 19.1. The number of rotatable bonds is 4. The van der Waals surface area contributed by atoms with Crippen LogP contribution in [0.25, 0.3) is 5.69 Å². The van der Waals surface area contributed by atoms with E-state index < -0.39 is 23.1 Å². The maximum Gasteiger partial charge on any atom is 0.259 e. The van der Waals surface area contributed by atoms with E-state index in [1.165, 1.54) is 18.0 Å². The molecule has 1 aromatic heterocycles. The number of carbonyl (C=O) groups is 1. The van der Waals surface area contributed by atoms with Gasteiger partial charge in [0.15, 0.2) is 0 Å². The maximum absolute atomic E-state index is 13.9. The molecule has 6 heteroatoms. The Morgan fingerprint density at radius 2 is 1.65 bits per heavy atom. The zero-order valence-electron chi connectivity index (χ0n) is 14.8. The Morgan fingerprint density at radius 1 is 1.04 bits per heavy atom. The number of amides is 1. The summed E-state index contributed by atoms with van der Waals surface area (Å²) in [6.45, 7) is 3.96. The predicted molar refractivity (Wildman–Crippen MR) is 95.2 cm³/mol. The van der Waals surface area contributed by atoms with Crippen molar-refractivity contribution < 1.29 is 13.6 Å². The van der Waals surface area contributed by atoms with Crippen molar-refractivity contribution in [1.29, 1.82) is 0 Å². The highest BCUT2D eigenvalue weighted by Crippen LogP contribution is 2.21. The summed E-state index contributed by atoms with van der Waals surface area (Å²) in [5.74, 6) is -2.43. The van der Waals surface area contributed by atoms with E-state index in [0.29, 0.717) is 0 Å². The lowest BCUT2D eigenvalue weighted by molar-refractivity contribution is 0.0775. The van der Waals surface area contributed by atoms with Crippen molar-refractivity contribution in [2.75, 3.05) is 7.05 Å². The second kappa shape index (κ2) is 7.07. The molecule has 3 aromatic rings. The van der Waals surface area contributed by atoms with Crippen molar-refractivity contribution in [3.63, 3.8) is 0 Å². The monoisotopic (exact) mass is 355 g/mol. The van der Waals surface area contributed by atoms with Crippen LogP contribution in [0.3, 0.4) is 0 Å². The molecule has 0 atom stereocenters. The van der Waals surface area contributed by atoms with Gasteiger partial charge in [0.05, 0.1) is 11.4 Å². The Kier molecular flexibility index (Phi) is 4.84. The number of hydrogen-bond acceptors (Lipinski definition) is 2. The van der Waals surface area contributed by atoms with E-state index in [9.17, 15) is 13.6 Å². The Balaban J connectivity index is 1.90. The van der Waals surface area contributed by atoms with Gasteiger partial charge in [0.2, 0.25) is 0 Å². The smallest absolute Gasteiger partial charge is 0.259 e. The highest BCUT2D eigenvalue weighted by molar-refractivity contribution is 5.94. The Bertz CT molecular complexity index is 931. The third kappa shape index (κ3) is 3.22. The van der Waals surface area contributed by atoms with E-state index in [1.807, 2.05) is 44.2 Å². The average molecular weight is 355 g/mol. The van der Waals surface area contributed by atoms with Gasteiger partial charge in [-0.2, -0.15) is 5.10 Å². The van der Waals surface area contributed by atoms with Gasteiger partial charge in [0.1, 0.15) is 17.2 Å². The van der Waals surface area contributed by atoms with Gasteiger partial charge in [-0.15, -0.1) is 0 Å². The molecule has 0 unspecified atom stereocenters. The second-order valence-electron chi connectivity index (χ2n) is 6.15. The van der Waals surface area contributed by atoms with Crippen LogP contribution in [0.2, 0.25) is 0 Å². The SMILES string of the molecule is Cc1nn(-c2ccccc2)c(C)c1CN(C)C(=O)c1c(F)cccc1F. The number of carbonyl (C=O) groups excluding carboxylic acids is 1. The normalized spacial score (nSPS) is 10.8. The van der Waals surface area contributed by atoms with Crippen LogP contribution in [0.1, 0.15) is 27.3 Å². The van der Waals surface area contributed by atoms with Gasteiger partial charge in [-0.1, -0.05) is 24.3 Å². The van der Waals surface area contributed by atoms with Crippen molar-refractivity contribution in [3.8, 4) is 5.69 Å². The largest absolute Gasteiger partial charge is 0.337 e. The number of aromatic nitrogens is 2. The van der Waals surface area contributed by atoms with Gasteiger partial charge in [-0.05, 0) is 38.1 Å². The fraction of sp³-hybridized carbons (Fsp3) is 0.200. The Labute approximate surface area is 150 Å². The van der Waals surface area contributed by atoms with Crippen LogP contribution in [0.15, 0.2) is 48.5 Å². The van der Waals surface area contributed by atoms with Gasteiger partial charge in [-0.3, -0.25) is 4.79 Å². The van der Waals surface area contributed by atoms with Crippen molar-refractivity contribution in [2.24, 2.45) is 0 Å². The molecule has 0 saturated carbocycles. The Morgan fingerprint density at radius 3 is 2.27 bits per heavy atom. The zero-order valence-corrected chi connectivity index (χ0v) is 14.8. The lowest BCUT2D eigenvalue weighted by atomic mass is 10.1. The predicted octanol–water partition coefficient (Wildman–Crippen LogP) is 4.04. The van der Waals surface area contributed by atoms with Gasteiger partial charge in [-0.25, -0.2) is 13.5 Å². The molecule has 0 radical (unpaired) electrons. The van der Waals surface area contributed by atoms with Crippen molar-refractivity contribution in [2.45, 2.75) is 20.4 Å². The van der Waals surface area contributed by atoms with E-state index >= 15 is 0 Å². The van der Waals surface area contributed by atoms with Crippen LogP contribution in [-0.4, -0.2) is 27.6 Å². The molecule has 1 amide bonds. The first-order chi connectivity index (χ1) is 12.4. The summed E-state index contributed by atoms with van der Waals surface area (Å²) < 4.78 is 29.6. The molecule has 2 aromatic carbocycles. The molecule has 0 spiro atoms. The number of para-hydroxylation sites is 1. The average Bonchev–Trinajstić information content (AvgIpc) is 2.90. The quantitative estimate of drug-likeness (QED) is 0.708. The minimum atomic E-state index is -0.865. The minimum absolute atomic E-state index is 0.205. The van der Waals surface area contributed by atoms with Crippen LogP contribution in [0.4, 0.5) is 8.78 Å². The molecule has 3 rings (SSSR count). The van der Waals surface area contributed by atoms with Gasteiger partial charge in [0.25, 0.3) is 5.91 Å². The first-order valence-corrected chi connectivity index (χ1v) is 8.20. The van der Waals surface area contributed by atoms with Gasteiger partial charge >= 0.3 is 0 Å². The van der Waals surface area contributed by atoms with Crippen molar-refractivity contribution >= 4 is 5.91 Å². The summed E-state index contributed by atoms with van der Waals surface area (Å²) in [6, 6.07) is 13.0. The third-order valence-electron chi connectivity index (χ3n) is 4.36. The number of halogens is 2. The maximum atomic E-state index is 13.9. The third-order valence-corrected chi connectivity index (χ3v) is 4.36. The fourth-order valence-electron chi connectivity index (χ4n) is 2.93. The number of nitrogens with zero attached hydrogens (tertiary/aromatic N) is 3. The molecule has 0 fully saturated rings. The summed E-state index contributed by atoms with van der Waals surface area (Å²) >= 11 is 0. The molecule has 1 heterocycles. The van der Waals surface area contributed by atoms with Crippen LogP contribution >= 0.6 is 0 Å². The first kappa shape index (κ1) is 17.8. The molecule has 0 bridgehead atoms. The molecule has 0 saturated heterocycles. The number of benzene rings is 2. The summed E-state index contributed by atoms with van der Waals surface area (Å²) in [4.78, 5) is 13.8. The molecule has 0 aliphatic rings. The lowest BCUT2D eigenvalue weighted by Crippen LogP contribution is -2.28. The first-order valence-electron chi connectivity index (χ1n) is 8.20. The fourth-order valence-corrected chi connectivity index (χ4v) is 2.93. The van der Waals surface area contributed by atoms with E-state index in [1.54, 1.807) is 4.68 Å². The van der Waals surface area contributed by atoms with Crippen LogP contribution < -0.4 is 0 Å². The van der Waals surface area contributed by atoms with Crippen molar-refractivity contribution in [1.82, 2.24) is 14.7 Å². The molecule has 0 N–H and O–H groups in total. The summed E-state index contributed by atoms with van der Waals surface area (Å²) in [6.07, 6.45) is 0. The summed E-state index contributed by atoms with van der Waals surface area (Å²) in [7, 11) is 1.52. The standard InChI is InChI=1S/C20H19F2N3O/c1-13-16(14(2)25(23-13)15-8-5-4-6-9-15)12-24(3)20(26)19-17(21)10-7-11-18(19)22/h4-11H,12H2,1-3H3. The highest BCUT2D eigenvalue weighted by Gasteiger charge is 2.23. The summed E-state index contributed by atoms with van der Waals surface area (Å²) in [5.41, 5.74) is 2.86. The zero-order chi connectivity index (χ0) is 18.8. The number of hydrogen-bond donors (Lipinski definition) is 0. The molecular formula is C20H19F2N3O. The Hall–Kier alpha value is -3.02. The van der Waals surface area contributed by atoms with Gasteiger partial charge < -0.3 is 4.90 Å². The minimum Gasteiger partial charge on any atom is -0.337 e. The molecule has 26 heavy (non-hydrogen) atoms. The lowest BCUT2D eigenvalue weighted by Gasteiger charge is -2.18. The molecular weight excluding hydrogens is 336 g/mol. The molecule has 0 aliphatic heterocycles. The van der Waals surface area contributed by atoms with E-state index in [-0.39, 0.29) is 6.54 Å². The van der Waals surface area contributed by atoms with Crippen LogP contribution in [-0.2, 0) is 6.54 Å². The molecule has 134 valence electrons. The van der Waals surface area contributed by atoms with Crippen molar-refractivity contribution in [3.05, 3.63) is 82.7 Å². The number of aryl methyl sites for hydroxylation is 1. The van der Waals surface area contributed by atoms with Crippen LogP contribution in [0.5, 0.6) is 0 Å². The van der Waals surface area contributed by atoms with E-state index in [0.717, 1.165) is 34.8 Å². The molecule has 0 aliphatic carbocycles. The van der Waals surface area contributed by atoms with Crippen LogP contribution in [0, 0.1) is 25.5 Å². The molecule has 4 nitrogen and oxygen atoms in total. The topological polar surface area (TPSA) is 38.1 Å².